The van der Waals surface area contributed by atoms with Crippen LogP contribution in [0.3, 0.4) is 0 Å². The van der Waals surface area contributed by atoms with Gasteiger partial charge in [-0.2, -0.15) is 0 Å². The van der Waals surface area contributed by atoms with Gasteiger partial charge in [0.2, 0.25) is 0 Å². The van der Waals surface area contributed by atoms with Gasteiger partial charge in [-0.1, -0.05) is 30.3 Å². The molecule has 3 nitrogen and oxygen atoms in total. The smallest absolute Gasteiger partial charge is 0.119 e. The fourth-order valence-corrected chi connectivity index (χ4v) is 2.53. The molecule has 3 aromatic rings. The maximum Gasteiger partial charge on any atom is 0.119 e. The quantitative estimate of drug-likeness (QED) is 0.792. The zero-order chi connectivity index (χ0) is 14.7. The highest BCUT2D eigenvalue weighted by Crippen LogP contribution is 2.27. The number of aromatic nitrogens is 1. The molecule has 0 saturated carbocycles. The van der Waals surface area contributed by atoms with Crippen LogP contribution < -0.4 is 10.5 Å². The molecule has 21 heavy (non-hydrogen) atoms. The first-order valence-electron chi connectivity index (χ1n) is 7.10. The molecule has 0 bridgehead atoms. The van der Waals surface area contributed by atoms with E-state index < -0.39 is 0 Å². The number of fused-ring (bicyclic) bond motifs is 1. The minimum absolute atomic E-state index is 0.173. The standard InChI is InChI=1S/C18H18N2O/c1-2-21-15-8-6-14(7-9-15)18(19)16-5-3-4-13-10-11-20-12-17(13)16/h3-12,18H,2,19H2,1H3. The third-order valence-corrected chi connectivity index (χ3v) is 3.60. The summed E-state index contributed by atoms with van der Waals surface area (Å²) in [6.45, 7) is 2.64. The lowest BCUT2D eigenvalue weighted by Crippen LogP contribution is -2.12. The Labute approximate surface area is 124 Å². The van der Waals surface area contributed by atoms with Crippen LogP contribution in [-0.2, 0) is 0 Å². The van der Waals surface area contributed by atoms with Gasteiger partial charge in [-0.05, 0) is 41.6 Å². The van der Waals surface area contributed by atoms with Crippen LogP contribution in [0.5, 0.6) is 5.75 Å². The highest BCUT2D eigenvalue weighted by molar-refractivity contribution is 5.85. The van der Waals surface area contributed by atoms with Crippen molar-refractivity contribution < 1.29 is 4.74 Å². The normalized spacial score (nSPS) is 12.3. The van der Waals surface area contributed by atoms with Crippen LogP contribution in [0.1, 0.15) is 24.1 Å². The largest absolute Gasteiger partial charge is 0.494 e. The van der Waals surface area contributed by atoms with Crippen LogP contribution in [0.15, 0.2) is 60.9 Å². The summed E-state index contributed by atoms with van der Waals surface area (Å²) >= 11 is 0. The molecule has 1 atom stereocenters. The molecule has 0 aliphatic rings. The minimum Gasteiger partial charge on any atom is -0.494 e. The van der Waals surface area contributed by atoms with Crippen LogP contribution in [0.25, 0.3) is 10.8 Å². The van der Waals surface area contributed by atoms with Gasteiger partial charge in [0.05, 0.1) is 12.6 Å². The van der Waals surface area contributed by atoms with Crippen molar-refractivity contribution in [3.63, 3.8) is 0 Å². The lowest BCUT2D eigenvalue weighted by Gasteiger charge is -2.15. The Hall–Kier alpha value is -2.39. The lowest BCUT2D eigenvalue weighted by atomic mass is 9.95. The van der Waals surface area contributed by atoms with Crippen LogP contribution in [-0.4, -0.2) is 11.6 Å². The summed E-state index contributed by atoms with van der Waals surface area (Å²) in [5.74, 6) is 0.869. The van der Waals surface area contributed by atoms with Crippen molar-refractivity contribution in [2.45, 2.75) is 13.0 Å². The van der Waals surface area contributed by atoms with Crippen molar-refractivity contribution in [3.05, 3.63) is 72.1 Å². The summed E-state index contributed by atoms with van der Waals surface area (Å²) < 4.78 is 5.47. The molecule has 0 radical (unpaired) electrons. The average molecular weight is 278 g/mol. The molecular weight excluding hydrogens is 260 g/mol. The molecule has 0 saturated heterocycles. The predicted molar refractivity (Wildman–Crippen MR) is 85.4 cm³/mol. The highest BCUT2D eigenvalue weighted by Gasteiger charge is 2.12. The summed E-state index contributed by atoms with van der Waals surface area (Å²) in [4.78, 5) is 4.21. The van der Waals surface area contributed by atoms with Crippen molar-refractivity contribution in [2.75, 3.05) is 6.61 Å². The molecule has 1 aromatic heterocycles. The monoisotopic (exact) mass is 278 g/mol. The molecule has 3 heteroatoms. The Bertz CT molecular complexity index is 732. The van der Waals surface area contributed by atoms with E-state index in [1.165, 1.54) is 0 Å². The fourth-order valence-electron chi connectivity index (χ4n) is 2.53. The molecule has 0 fully saturated rings. The van der Waals surface area contributed by atoms with Crippen LogP contribution >= 0.6 is 0 Å². The van der Waals surface area contributed by atoms with Gasteiger partial charge in [-0.15, -0.1) is 0 Å². The SMILES string of the molecule is CCOc1ccc(C(N)c2cccc3ccncc23)cc1. The number of nitrogens with zero attached hydrogens (tertiary/aromatic N) is 1. The first kappa shape index (κ1) is 13.6. The van der Waals surface area contributed by atoms with E-state index in [1.54, 1.807) is 6.20 Å². The van der Waals surface area contributed by atoms with E-state index in [2.05, 4.69) is 17.1 Å². The molecule has 0 aliphatic carbocycles. The third-order valence-electron chi connectivity index (χ3n) is 3.60. The first-order valence-corrected chi connectivity index (χ1v) is 7.10. The van der Waals surface area contributed by atoms with Gasteiger partial charge < -0.3 is 10.5 Å². The van der Waals surface area contributed by atoms with Crippen molar-refractivity contribution in [3.8, 4) is 5.75 Å². The van der Waals surface area contributed by atoms with Crippen molar-refractivity contribution >= 4 is 10.8 Å². The molecule has 0 spiro atoms. The maximum absolute atomic E-state index is 6.44. The number of nitrogens with two attached hydrogens (primary N) is 1. The average Bonchev–Trinajstić information content (AvgIpc) is 2.55. The van der Waals surface area contributed by atoms with Crippen LogP contribution in [0.4, 0.5) is 0 Å². The summed E-state index contributed by atoms with van der Waals surface area (Å²) in [6.07, 6.45) is 3.67. The van der Waals surface area contributed by atoms with Crippen molar-refractivity contribution in [2.24, 2.45) is 5.73 Å². The number of ether oxygens (including phenoxy) is 1. The van der Waals surface area contributed by atoms with Gasteiger partial charge in [0.15, 0.2) is 0 Å². The second kappa shape index (κ2) is 5.94. The van der Waals surface area contributed by atoms with Crippen LogP contribution in [0, 0.1) is 0 Å². The Balaban J connectivity index is 1.98. The zero-order valence-electron chi connectivity index (χ0n) is 12.0. The predicted octanol–water partition coefficient (Wildman–Crippen LogP) is 3.68. The van der Waals surface area contributed by atoms with E-state index >= 15 is 0 Å². The molecule has 106 valence electrons. The number of hydrogen-bond donors (Lipinski definition) is 1. The molecule has 0 amide bonds. The van der Waals surface area contributed by atoms with Gasteiger partial charge >= 0.3 is 0 Å². The van der Waals surface area contributed by atoms with E-state index in [0.29, 0.717) is 6.61 Å². The molecule has 0 aliphatic heterocycles. The minimum atomic E-state index is -0.173. The second-order valence-electron chi connectivity index (χ2n) is 4.92. The molecular formula is C18H18N2O. The van der Waals surface area contributed by atoms with Gasteiger partial charge in [0.1, 0.15) is 5.75 Å². The van der Waals surface area contributed by atoms with Gasteiger partial charge in [-0.3, -0.25) is 4.98 Å². The lowest BCUT2D eigenvalue weighted by molar-refractivity contribution is 0.340. The van der Waals surface area contributed by atoms with Gasteiger partial charge in [-0.25, -0.2) is 0 Å². The third kappa shape index (κ3) is 2.73. The Morgan fingerprint density at radius 2 is 1.90 bits per heavy atom. The summed E-state index contributed by atoms with van der Waals surface area (Å²) in [6, 6.07) is 16.0. The number of rotatable bonds is 4. The summed E-state index contributed by atoms with van der Waals surface area (Å²) in [5.41, 5.74) is 8.59. The van der Waals surface area contributed by atoms with Crippen LogP contribution in [0.2, 0.25) is 0 Å². The Kier molecular flexibility index (Phi) is 3.84. The fraction of sp³-hybridized carbons (Fsp3) is 0.167. The number of hydrogen-bond acceptors (Lipinski definition) is 3. The Morgan fingerprint density at radius 3 is 2.67 bits per heavy atom. The van der Waals surface area contributed by atoms with E-state index in [0.717, 1.165) is 27.6 Å². The first-order chi connectivity index (χ1) is 10.3. The number of benzene rings is 2. The Morgan fingerprint density at radius 1 is 1.10 bits per heavy atom. The topological polar surface area (TPSA) is 48.1 Å². The molecule has 2 aromatic carbocycles. The second-order valence-corrected chi connectivity index (χ2v) is 4.92. The summed E-state index contributed by atoms with van der Waals surface area (Å²) in [5, 5.41) is 2.25. The maximum atomic E-state index is 6.44. The molecule has 3 rings (SSSR count). The van der Waals surface area contributed by atoms with Crippen molar-refractivity contribution in [1.29, 1.82) is 0 Å². The zero-order valence-corrected chi connectivity index (χ0v) is 12.0. The van der Waals surface area contributed by atoms with E-state index in [-0.39, 0.29) is 6.04 Å². The molecule has 2 N–H and O–H groups in total. The molecule has 1 heterocycles. The van der Waals surface area contributed by atoms with Gasteiger partial charge in [0, 0.05) is 17.8 Å². The molecule has 1 unspecified atom stereocenters. The van der Waals surface area contributed by atoms with E-state index in [9.17, 15) is 0 Å². The summed E-state index contributed by atoms with van der Waals surface area (Å²) in [7, 11) is 0. The van der Waals surface area contributed by atoms with Gasteiger partial charge in [0.25, 0.3) is 0 Å². The highest BCUT2D eigenvalue weighted by atomic mass is 16.5. The van der Waals surface area contributed by atoms with E-state index in [1.807, 2.05) is 49.5 Å². The number of pyridine rings is 1. The van der Waals surface area contributed by atoms with E-state index in [4.69, 9.17) is 10.5 Å². The van der Waals surface area contributed by atoms with Crippen molar-refractivity contribution in [1.82, 2.24) is 4.98 Å².